The number of fused-ring (bicyclic) bond motifs is 1. The SMILES string of the molecule is C[C@H](Sc1nc(Nc2ccccc2Cl)c2ccccc2n1)C(=O)N[C@H]1CCS(=O)(=O)C1. The molecule has 0 saturated carbocycles. The molecule has 2 N–H and O–H groups in total. The summed E-state index contributed by atoms with van der Waals surface area (Å²) >= 11 is 7.51. The Balaban J connectivity index is 1.55. The molecule has 0 spiro atoms. The second-order valence-electron chi connectivity index (χ2n) is 7.35. The molecule has 10 heteroatoms. The average molecular weight is 477 g/mol. The lowest BCUT2D eigenvalue weighted by Crippen LogP contribution is -2.40. The smallest absolute Gasteiger partial charge is 0.233 e. The summed E-state index contributed by atoms with van der Waals surface area (Å²) < 4.78 is 23.3. The monoisotopic (exact) mass is 476 g/mol. The molecule has 0 radical (unpaired) electrons. The molecule has 162 valence electrons. The minimum atomic E-state index is -3.05. The van der Waals surface area contributed by atoms with Crippen molar-refractivity contribution < 1.29 is 13.2 Å². The molecule has 0 bridgehead atoms. The molecule has 1 fully saturated rings. The summed E-state index contributed by atoms with van der Waals surface area (Å²) in [4.78, 5) is 21.8. The summed E-state index contributed by atoms with van der Waals surface area (Å²) in [7, 11) is -3.05. The van der Waals surface area contributed by atoms with Crippen molar-refractivity contribution in [2.24, 2.45) is 0 Å². The molecule has 1 aromatic heterocycles. The van der Waals surface area contributed by atoms with Crippen molar-refractivity contribution in [3.63, 3.8) is 0 Å². The molecule has 1 aliphatic heterocycles. The van der Waals surface area contributed by atoms with Gasteiger partial charge in [-0.1, -0.05) is 47.6 Å². The van der Waals surface area contributed by atoms with Crippen molar-refractivity contribution >= 4 is 61.5 Å². The van der Waals surface area contributed by atoms with Gasteiger partial charge in [0.25, 0.3) is 0 Å². The average Bonchev–Trinajstić information content (AvgIpc) is 3.07. The molecule has 31 heavy (non-hydrogen) atoms. The lowest BCUT2D eigenvalue weighted by atomic mass is 10.2. The predicted octanol–water partition coefficient (Wildman–Crippen LogP) is 3.81. The number of amides is 1. The summed E-state index contributed by atoms with van der Waals surface area (Å²) in [5.74, 6) is 0.471. The molecule has 2 heterocycles. The van der Waals surface area contributed by atoms with E-state index >= 15 is 0 Å². The molecular weight excluding hydrogens is 456 g/mol. The quantitative estimate of drug-likeness (QED) is 0.412. The molecule has 2 atom stereocenters. The third-order valence-corrected chi connectivity index (χ3v) is 8.00. The van der Waals surface area contributed by atoms with E-state index in [1.54, 1.807) is 13.0 Å². The number of hydrogen-bond acceptors (Lipinski definition) is 7. The molecular formula is C21H21ClN4O3S2. The van der Waals surface area contributed by atoms with E-state index in [2.05, 4.69) is 20.6 Å². The van der Waals surface area contributed by atoms with Crippen LogP contribution >= 0.6 is 23.4 Å². The number of sulfone groups is 1. The summed E-state index contributed by atoms with van der Waals surface area (Å²) in [6, 6.07) is 14.6. The van der Waals surface area contributed by atoms with E-state index in [-0.39, 0.29) is 23.5 Å². The summed E-state index contributed by atoms with van der Waals surface area (Å²) in [5.41, 5.74) is 1.46. The van der Waals surface area contributed by atoms with Crippen LogP contribution in [-0.4, -0.2) is 47.1 Å². The van der Waals surface area contributed by atoms with E-state index in [1.807, 2.05) is 42.5 Å². The standard InChI is InChI=1S/C21H21ClN4O3S2/c1-13(20(27)23-14-10-11-31(28,29)12-14)30-21-25-17-8-4-2-6-15(17)19(26-21)24-18-9-5-3-7-16(18)22/h2-9,13-14H,10-12H2,1H3,(H,23,27)(H,24,25,26)/t13-,14-/m0/s1. The Hall–Kier alpha value is -2.36. The Bertz CT molecular complexity index is 1240. The molecule has 7 nitrogen and oxygen atoms in total. The van der Waals surface area contributed by atoms with Crippen LogP contribution in [0.2, 0.25) is 5.02 Å². The Morgan fingerprint density at radius 2 is 1.90 bits per heavy atom. The molecule has 1 aliphatic rings. The first-order valence-electron chi connectivity index (χ1n) is 9.76. The summed E-state index contributed by atoms with van der Waals surface area (Å²) in [6.07, 6.45) is 0.448. The molecule has 1 saturated heterocycles. The van der Waals surface area contributed by atoms with E-state index < -0.39 is 15.1 Å². The van der Waals surface area contributed by atoms with E-state index in [1.165, 1.54) is 11.8 Å². The van der Waals surface area contributed by atoms with Crippen molar-refractivity contribution in [2.45, 2.75) is 29.8 Å². The summed E-state index contributed by atoms with van der Waals surface area (Å²) in [5, 5.41) is 7.44. The van der Waals surface area contributed by atoms with Crippen molar-refractivity contribution in [1.82, 2.24) is 15.3 Å². The minimum absolute atomic E-state index is 0.00545. The Kier molecular flexibility index (Phi) is 6.36. The van der Waals surface area contributed by atoms with Gasteiger partial charge in [-0.2, -0.15) is 0 Å². The number of halogens is 1. The zero-order valence-corrected chi connectivity index (χ0v) is 19.1. The van der Waals surface area contributed by atoms with Gasteiger partial charge >= 0.3 is 0 Å². The number of benzene rings is 2. The third kappa shape index (κ3) is 5.28. The van der Waals surface area contributed by atoms with Gasteiger partial charge in [0.1, 0.15) is 5.82 Å². The van der Waals surface area contributed by atoms with Gasteiger partial charge in [-0.3, -0.25) is 4.79 Å². The Labute approximate surface area is 189 Å². The molecule has 4 rings (SSSR count). The van der Waals surface area contributed by atoms with Crippen LogP contribution in [0.25, 0.3) is 10.9 Å². The maximum Gasteiger partial charge on any atom is 0.233 e. The van der Waals surface area contributed by atoms with E-state index in [9.17, 15) is 13.2 Å². The number of para-hydroxylation sites is 2. The number of thioether (sulfide) groups is 1. The number of carbonyl (C=O) groups is 1. The molecule has 1 amide bonds. The first kappa shape index (κ1) is 21.9. The number of carbonyl (C=O) groups excluding carboxylic acids is 1. The fourth-order valence-corrected chi connectivity index (χ4v) is 5.98. The highest BCUT2D eigenvalue weighted by molar-refractivity contribution is 8.00. The highest BCUT2D eigenvalue weighted by atomic mass is 35.5. The topological polar surface area (TPSA) is 101 Å². The maximum absolute atomic E-state index is 12.6. The molecule has 3 aromatic rings. The second-order valence-corrected chi connectivity index (χ2v) is 11.3. The van der Waals surface area contributed by atoms with Crippen molar-refractivity contribution in [2.75, 3.05) is 16.8 Å². The zero-order chi connectivity index (χ0) is 22.0. The van der Waals surface area contributed by atoms with Crippen LogP contribution in [-0.2, 0) is 14.6 Å². The molecule has 2 aromatic carbocycles. The van der Waals surface area contributed by atoms with Gasteiger partial charge in [-0.15, -0.1) is 0 Å². The molecule has 0 unspecified atom stereocenters. The third-order valence-electron chi connectivity index (χ3n) is 4.94. The highest BCUT2D eigenvalue weighted by Crippen LogP contribution is 2.31. The number of aromatic nitrogens is 2. The Morgan fingerprint density at radius 3 is 2.65 bits per heavy atom. The van der Waals surface area contributed by atoms with E-state index in [4.69, 9.17) is 11.6 Å². The fourth-order valence-electron chi connectivity index (χ4n) is 3.33. The zero-order valence-electron chi connectivity index (χ0n) is 16.7. The van der Waals surface area contributed by atoms with Crippen molar-refractivity contribution in [3.05, 3.63) is 53.6 Å². The minimum Gasteiger partial charge on any atom is -0.351 e. The van der Waals surface area contributed by atoms with Gasteiger partial charge in [-0.25, -0.2) is 18.4 Å². The first-order valence-corrected chi connectivity index (χ1v) is 12.8. The van der Waals surface area contributed by atoms with Crippen LogP contribution in [0.4, 0.5) is 11.5 Å². The largest absolute Gasteiger partial charge is 0.351 e. The summed E-state index contributed by atoms with van der Waals surface area (Å²) in [6.45, 7) is 1.75. The predicted molar refractivity (Wildman–Crippen MR) is 125 cm³/mol. The van der Waals surface area contributed by atoms with Crippen LogP contribution in [0.15, 0.2) is 53.7 Å². The van der Waals surface area contributed by atoms with E-state index in [0.717, 1.165) is 16.6 Å². The lowest BCUT2D eigenvalue weighted by molar-refractivity contribution is -0.120. The number of nitrogens with one attached hydrogen (secondary N) is 2. The number of anilines is 2. The van der Waals surface area contributed by atoms with Crippen LogP contribution in [0.5, 0.6) is 0 Å². The fraction of sp³-hybridized carbons (Fsp3) is 0.286. The highest BCUT2D eigenvalue weighted by Gasteiger charge is 2.30. The molecule has 0 aliphatic carbocycles. The number of rotatable bonds is 6. The van der Waals surface area contributed by atoms with Gasteiger partial charge in [0.15, 0.2) is 15.0 Å². The Morgan fingerprint density at radius 1 is 1.16 bits per heavy atom. The maximum atomic E-state index is 12.6. The normalized spacial score (nSPS) is 18.6. The van der Waals surface area contributed by atoms with Gasteiger partial charge in [-0.05, 0) is 37.6 Å². The number of nitrogens with zero attached hydrogens (tertiary/aromatic N) is 2. The van der Waals surface area contributed by atoms with Crippen LogP contribution < -0.4 is 10.6 Å². The lowest BCUT2D eigenvalue weighted by Gasteiger charge is -2.16. The number of hydrogen-bond donors (Lipinski definition) is 2. The van der Waals surface area contributed by atoms with Crippen LogP contribution in [0.3, 0.4) is 0 Å². The van der Waals surface area contributed by atoms with Crippen LogP contribution in [0, 0.1) is 0 Å². The second kappa shape index (κ2) is 9.02. The van der Waals surface area contributed by atoms with Gasteiger partial charge in [0.05, 0.1) is 33.0 Å². The van der Waals surface area contributed by atoms with Crippen LogP contribution in [0.1, 0.15) is 13.3 Å². The van der Waals surface area contributed by atoms with Gasteiger partial charge < -0.3 is 10.6 Å². The van der Waals surface area contributed by atoms with Crippen molar-refractivity contribution in [3.8, 4) is 0 Å². The first-order chi connectivity index (χ1) is 14.8. The van der Waals surface area contributed by atoms with Crippen molar-refractivity contribution in [1.29, 1.82) is 0 Å². The van der Waals surface area contributed by atoms with E-state index in [0.29, 0.717) is 22.4 Å². The van der Waals surface area contributed by atoms with Gasteiger partial charge in [0, 0.05) is 11.4 Å². The van der Waals surface area contributed by atoms with Gasteiger partial charge in [0.2, 0.25) is 5.91 Å².